The molecule has 0 N–H and O–H groups in total. The summed E-state index contributed by atoms with van der Waals surface area (Å²) < 4.78 is 1.44. The summed E-state index contributed by atoms with van der Waals surface area (Å²) in [6.07, 6.45) is 2.37. The lowest BCUT2D eigenvalue weighted by molar-refractivity contribution is 1.13. The molecule has 0 aromatic heterocycles. The minimum absolute atomic E-state index is 1.08. The van der Waals surface area contributed by atoms with Crippen LogP contribution >= 0.6 is 32.8 Å². The van der Waals surface area contributed by atoms with E-state index in [1.807, 2.05) is 23.5 Å². The summed E-state index contributed by atoms with van der Waals surface area (Å²) in [7, 11) is 2.85. The summed E-state index contributed by atoms with van der Waals surface area (Å²) in [6.45, 7) is 2.25. The van der Waals surface area contributed by atoms with Crippen molar-refractivity contribution >= 4 is 55.4 Å². The summed E-state index contributed by atoms with van der Waals surface area (Å²) in [4.78, 5) is 2.40. The predicted octanol–water partition coefficient (Wildman–Crippen LogP) is 7.94. The van der Waals surface area contributed by atoms with Crippen molar-refractivity contribution in [3.8, 4) is 0 Å². The van der Waals surface area contributed by atoms with Crippen LogP contribution in [0.25, 0.3) is 5.57 Å². The zero-order valence-electron chi connectivity index (χ0n) is 16.7. The van der Waals surface area contributed by atoms with Crippen LogP contribution in [0.15, 0.2) is 83.1 Å². The summed E-state index contributed by atoms with van der Waals surface area (Å²) >= 11 is 3.99. The van der Waals surface area contributed by atoms with Crippen LogP contribution in [0, 0.1) is 0 Å². The highest BCUT2D eigenvalue weighted by atomic mass is 32.2. The first kappa shape index (κ1) is 20.6. The van der Waals surface area contributed by atoms with E-state index in [2.05, 4.69) is 99.9 Å². The molecule has 3 aromatic carbocycles. The number of hydrogen-bond donors (Lipinski definition) is 0. The molecule has 4 rings (SSSR count). The van der Waals surface area contributed by atoms with Crippen LogP contribution in [-0.2, 0) is 0 Å². The van der Waals surface area contributed by atoms with Crippen molar-refractivity contribution in [1.29, 1.82) is 0 Å². The molecule has 0 aliphatic carbocycles. The van der Waals surface area contributed by atoms with E-state index in [0.717, 1.165) is 17.7 Å². The third-order valence-electron chi connectivity index (χ3n) is 4.90. The quantitative estimate of drug-likeness (QED) is 0.214. The van der Waals surface area contributed by atoms with E-state index in [4.69, 9.17) is 0 Å². The number of rotatable bonds is 7. The first-order valence-corrected chi connectivity index (χ1v) is 12.9. The Morgan fingerprint density at radius 1 is 0.793 bits per heavy atom. The van der Waals surface area contributed by atoms with Crippen LogP contribution in [-0.4, -0.2) is 17.7 Å². The highest BCUT2D eigenvalue weighted by Gasteiger charge is 2.29. The van der Waals surface area contributed by atoms with Crippen LogP contribution in [0.1, 0.15) is 24.5 Å². The Morgan fingerprint density at radius 2 is 1.38 bits per heavy atom. The first-order chi connectivity index (χ1) is 14.3. The first-order valence-electron chi connectivity index (χ1n) is 10.1. The molecule has 1 aliphatic heterocycles. The van der Waals surface area contributed by atoms with E-state index >= 15 is 0 Å². The van der Waals surface area contributed by atoms with Crippen molar-refractivity contribution in [3.63, 3.8) is 0 Å². The number of fused-ring (bicyclic) bond motifs is 2. The van der Waals surface area contributed by atoms with Crippen molar-refractivity contribution in [2.24, 2.45) is 0 Å². The van der Waals surface area contributed by atoms with Gasteiger partial charge in [0.25, 0.3) is 0 Å². The van der Waals surface area contributed by atoms with Crippen molar-refractivity contribution in [2.75, 3.05) is 22.6 Å². The molecule has 4 heteroatoms. The molecule has 3 aromatic rings. The van der Waals surface area contributed by atoms with Gasteiger partial charge in [0.05, 0.1) is 11.4 Å². The Morgan fingerprint density at radius 3 is 1.97 bits per heavy atom. The van der Waals surface area contributed by atoms with E-state index in [-0.39, 0.29) is 0 Å². The summed E-state index contributed by atoms with van der Waals surface area (Å²) in [5.41, 5.74) is 7.76. The monoisotopic (exact) mass is 435 g/mol. The Kier molecular flexibility index (Phi) is 7.02. The van der Waals surface area contributed by atoms with E-state index < -0.39 is 0 Å². The maximum Gasteiger partial charge on any atom is 0.0541 e. The van der Waals surface area contributed by atoms with E-state index in [9.17, 15) is 0 Å². The average molecular weight is 436 g/mol. The highest BCUT2D eigenvalue weighted by Crippen LogP contribution is 2.52. The fourth-order valence-electron chi connectivity index (χ4n) is 3.68. The number of benzene rings is 3. The zero-order chi connectivity index (χ0) is 20.1. The lowest BCUT2D eigenvalue weighted by atomic mass is 9.91. The molecule has 0 radical (unpaired) electrons. The number of thioether (sulfide) groups is 2. The predicted molar refractivity (Wildman–Crippen MR) is 137 cm³/mol. The fourth-order valence-corrected chi connectivity index (χ4v) is 6.60. The maximum atomic E-state index is 2.85. The minimum Gasteiger partial charge on any atom is -0.309 e. The second-order valence-corrected chi connectivity index (χ2v) is 10.0. The van der Waals surface area contributed by atoms with Gasteiger partial charge in [-0.05, 0) is 48.4 Å². The highest BCUT2D eigenvalue weighted by molar-refractivity contribution is 8.22. The molecule has 0 amide bonds. The molecule has 0 fully saturated rings. The Balaban J connectivity index is 1.94. The van der Waals surface area contributed by atoms with Crippen molar-refractivity contribution in [3.05, 3.63) is 94.2 Å². The summed E-state index contributed by atoms with van der Waals surface area (Å²) in [5, 5.41) is 0. The van der Waals surface area contributed by atoms with Crippen LogP contribution in [0.5, 0.6) is 0 Å². The van der Waals surface area contributed by atoms with Crippen LogP contribution in [0.4, 0.5) is 17.1 Å². The Hall–Kier alpha value is -1.67. The molecule has 0 saturated carbocycles. The molecule has 1 unspecified atom stereocenters. The van der Waals surface area contributed by atoms with Gasteiger partial charge in [-0.1, -0.05) is 61.5 Å². The maximum absolute atomic E-state index is 2.85. The minimum atomic E-state index is 1.08. The molecule has 1 atom stereocenters. The topological polar surface area (TPSA) is 3.24 Å². The van der Waals surface area contributed by atoms with Crippen LogP contribution in [0.3, 0.4) is 0 Å². The van der Waals surface area contributed by atoms with Gasteiger partial charge in [0.15, 0.2) is 0 Å². The standard InChI is InChI=1S/C25H26NPS2/c1-2-28-25(29-18-10-17-27)24-20-13-6-8-15-22(20)26(19-11-4-3-5-12-19)23-16-9-7-14-21(23)24/h3-9,11-16H,2,10,17-18,27H2,1H3. The third kappa shape index (κ3) is 4.28. The van der Waals surface area contributed by atoms with E-state index in [0.29, 0.717) is 0 Å². The van der Waals surface area contributed by atoms with Gasteiger partial charge in [0, 0.05) is 26.6 Å². The average Bonchev–Trinajstić information content (AvgIpc) is 2.77. The van der Waals surface area contributed by atoms with Gasteiger partial charge >= 0.3 is 0 Å². The number of nitrogens with zero attached hydrogens (tertiary/aromatic N) is 1. The Labute approximate surface area is 185 Å². The Bertz CT molecular complexity index is 951. The van der Waals surface area contributed by atoms with Gasteiger partial charge in [-0.3, -0.25) is 0 Å². The molecule has 0 bridgehead atoms. The second-order valence-electron chi connectivity index (χ2n) is 6.79. The fraction of sp³-hybridized carbons (Fsp3) is 0.200. The lowest BCUT2D eigenvalue weighted by Crippen LogP contribution is -2.18. The normalized spacial score (nSPS) is 12.5. The van der Waals surface area contributed by atoms with Crippen LogP contribution in [0.2, 0.25) is 0 Å². The van der Waals surface area contributed by atoms with Crippen molar-refractivity contribution in [2.45, 2.75) is 13.3 Å². The third-order valence-corrected chi connectivity index (χ3v) is 7.73. The van der Waals surface area contributed by atoms with Crippen LogP contribution < -0.4 is 4.90 Å². The molecule has 0 spiro atoms. The molecule has 148 valence electrons. The smallest absolute Gasteiger partial charge is 0.0541 e. The molecule has 0 saturated heterocycles. The van der Waals surface area contributed by atoms with Gasteiger partial charge in [0.2, 0.25) is 0 Å². The molecule has 1 aliphatic rings. The van der Waals surface area contributed by atoms with Crippen molar-refractivity contribution < 1.29 is 0 Å². The van der Waals surface area contributed by atoms with Crippen molar-refractivity contribution in [1.82, 2.24) is 0 Å². The largest absolute Gasteiger partial charge is 0.309 e. The van der Waals surface area contributed by atoms with E-state index in [1.54, 1.807) is 0 Å². The van der Waals surface area contributed by atoms with Gasteiger partial charge in [-0.15, -0.1) is 32.8 Å². The van der Waals surface area contributed by atoms with E-state index in [1.165, 1.54) is 44.4 Å². The second kappa shape index (κ2) is 9.89. The lowest BCUT2D eigenvalue weighted by Gasteiger charge is -2.35. The molecular formula is C25H26NPS2. The van der Waals surface area contributed by atoms with Gasteiger partial charge in [-0.25, -0.2) is 0 Å². The summed E-state index contributed by atoms with van der Waals surface area (Å²) in [6, 6.07) is 28.4. The number of hydrogen-bond acceptors (Lipinski definition) is 3. The molecule has 1 nitrogen and oxygen atoms in total. The van der Waals surface area contributed by atoms with Gasteiger partial charge in [0.1, 0.15) is 0 Å². The molecule has 29 heavy (non-hydrogen) atoms. The number of anilines is 3. The number of para-hydroxylation sites is 3. The van der Waals surface area contributed by atoms with Gasteiger partial charge < -0.3 is 4.90 Å². The summed E-state index contributed by atoms with van der Waals surface area (Å²) in [5.74, 6) is 2.24. The van der Waals surface area contributed by atoms with Gasteiger partial charge in [-0.2, -0.15) is 0 Å². The zero-order valence-corrected chi connectivity index (χ0v) is 19.5. The molecular weight excluding hydrogens is 409 g/mol. The SMILES string of the molecule is CCSC(SCCCP)=C1c2ccccc2N(c2ccccc2)c2ccccc21. The molecule has 1 heterocycles.